The molecule has 0 aromatic heterocycles. The fourth-order valence-corrected chi connectivity index (χ4v) is 2.80. The predicted octanol–water partition coefficient (Wildman–Crippen LogP) is 4.80. The van der Waals surface area contributed by atoms with Gasteiger partial charge in [0, 0.05) is 24.7 Å². The zero-order chi connectivity index (χ0) is 19.2. The Morgan fingerprint density at radius 1 is 0.852 bits per heavy atom. The van der Waals surface area contributed by atoms with E-state index in [9.17, 15) is 4.79 Å². The van der Waals surface area contributed by atoms with E-state index in [0.717, 1.165) is 23.8 Å². The lowest BCUT2D eigenvalue weighted by atomic mass is 9.83. The molecule has 3 nitrogen and oxygen atoms in total. The Morgan fingerprint density at radius 2 is 1.37 bits per heavy atom. The Kier molecular flexibility index (Phi) is 9.34. The van der Waals surface area contributed by atoms with Crippen LogP contribution in [0.1, 0.15) is 37.3 Å². The second-order valence-electron chi connectivity index (χ2n) is 6.71. The van der Waals surface area contributed by atoms with Crippen LogP contribution in [0, 0.1) is 17.3 Å². The molecule has 0 saturated heterocycles. The van der Waals surface area contributed by atoms with E-state index in [4.69, 9.17) is 9.47 Å². The molecule has 3 heteroatoms. The minimum absolute atomic E-state index is 0.370. The summed E-state index contributed by atoms with van der Waals surface area (Å²) in [5.74, 6) is 6.29. The van der Waals surface area contributed by atoms with Crippen molar-refractivity contribution in [1.82, 2.24) is 0 Å². The van der Waals surface area contributed by atoms with Crippen molar-refractivity contribution in [2.45, 2.75) is 39.4 Å². The summed E-state index contributed by atoms with van der Waals surface area (Å²) in [6.07, 6.45) is 2.70. The largest absolute Gasteiger partial charge is 0.376 e. The van der Waals surface area contributed by atoms with Crippen LogP contribution in [-0.2, 0) is 27.5 Å². The summed E-state index contributed by atoms with van der Waals surface area (Å²) in [6.45, 7) is 3.93. The van der Waals surface area contributed by atoms with Crippen molar-refractivity contribution in [2.24, 2.45) is 5.41 Å². The molecule has 0 radical (unpaired) electrons. The van der Waals surface area contributed by atoms with Gasteiger partial charge >= 0.3 is 0 Å². The van der Waals surface area contributed by atoms with E-state index in [2.05, 4.69) is 11.8 Å². The monoisotopic (exact) mass is 364 g/mol. The van der Waals surface area contributed by atoms with E-state index in [0.29, 0.717) is 39.3 Å². The Balaban J connectivity index is 1.99. The highest BCUT2D eigenvalue weighted by molar-refractivity contribution is 5.51. The third-order valence-corrected chi connectivity index (χ3v) is 4.32. The molecule has 0 unspecified atom stereocenters. The number of hydrogen-bond donors (Lipinski definition) is 0. The number of hydrogen-bond acceptors (Lipinski definition) is 3. The predicted molar refractivity (Wildman–Crippen MR) is 108 cm³/mol. The fraction of sp³-hybridized carbons (Fsp3) is 0.375. The van der Waals surface area contributed by atoms with Crippen molar-refractivity contribution in [2.75, 3.05) is 13.2 Å². The maximum atomic E-state index is 11.4. The van der Waals surface area contributed by atoms with Crippen LogP contribution in [0.25, 0.3) is 0 Å². The Labute approximate surface area is 162 Å². The molecule has 27 heavy (non-hydrogen) atoms. The van der Waals surface area contributed by atoms with Gasteiger partial charge in [0.1, 0.15) is 6.29 Å². The molecule has 0 heterocycles. The molecule has 2 rings (SSSR count). The summed E-state index contributed by atoms with van der Waals surface area (Å²) in [5.41, 5.74) is 1.80. The third-order valence-electron chi connectivity index (χ3n) is 4.32. The molecule has 0 aliphatic carbocycles. The van der Waals surface area contributed by atoms with Gasteiger partial charge in [-0.1, -0.05) is 67.6 Å². The van der Waals surface area contributed by atoms with Crippen LogP contribution in [0.15, 0.2) is 60.7 Å². The summed E-state index contributed by atoms with van der Waals surface area (Å²) >= 11 is 0. The number of carbonyl (C=O) groups is 1. The second kappa shape index (κ2) is 12.1. The maximum absolute atomic E-state index is 11.4. The number of aldehydes is 1. The Morgan fingerprint density at radius 3 is 1.81 bits per heavy atom. The smallest absolute Gasteiger partial charge is 0.120 e. The molecular formula is C24H28O3. The average Bonchev–Trinajstić information content (AvgIpc) is 2.70. The van der Waals surface area contributed by atoms with Gasteiger partial charge < -0.3 is 14.3 Å². The fourth-order valence-electron chi connectivity index (χ4n) is 2.80. The Hall–Kier alpha value is -2.41. The summed E-state index contributed by atoms with van der Waals surface area (Å²) in [5, 5.41) is 0. The molecule has 0 bridgehead atoms. The highest BCUT2D eigenvalue weighted by Crippen LogP contribution is 2.28. The molecular weight excluding hydrogens is 336 g/mol. The number of rotatable bonds is 11. The highest BCUT2D eigenvalue weighted by Gasteiger charge is 2.30. The lowest BCUT2D eigenvalue weighted by molar-refractivity contribution is -0.113. The molecule has 0 aliphatic rings. The second-order valence-corrected chi connectivity index (χ2v) is 6.71. The molecule has 0 saturated carbocycles. The highest BCUT2D eigenvalue weighted by atomic mass is 16.5. The van der Waals surface area contributed by atoms with Crippen LogP contribution in [-0.4, -0.2) is 19.5 Å². The van der Waals surface area contributed by atoms with Crippen LogP contribution < -0.4 is 0 Å². The summed E-state index contributed by atoms with van der Waals surface area (Å²) in [6, 6.07) is 20.1. The SMILES string of the molecule is CCC#CCC(CC=O)(COCc1ccccc1)COCc1ccccc1. The number of carbonyl (C=O) groups excluding carboxylic acids is 1. The molecule has 0 aliphatic heterocycles. The lowest BCUT2D eigenvalue weighted by Crippen LogP contribution is -2.33. The van der Waals surface area contributed by atoms with E-state index in [1.165, 1.54) is 0 Å². The molecule has 0 fully saturated rings. The quantitative estimate of drug-likeness (QED) is 0.424. The minimum atomic E-state index is -0.423. The van der Waals surface area contributed by atoms with E-state index in [1.807, 2.05) is 67.6 Å². The first-order chi connectivity index (χ1) is 13.3. The third kappa shape index (κ3) is 7.78. The normalized spacial score (nSPS) is 10.9. The molecule has 0 N–H and O–H groups in total. The van der Waals surface area contributed by atoms with Gasteiger partial charge in [0.05, 0.1) is 26.4 Å². The zero-order valence-electron chi connectivity index (χ0n) is 16.0. The van der Waals surface area contributed by atoms with Crippen molar-refractivity contribution in [3.8, 4) is 11.8 Å². The van der Waals surface area contributed by atoms with E-state index in [1.54, 1.807) is 0 Å². The first-order valence-corrected chi connectivity index (χ1v) is 9.41. The molecule has 0 spiro atoms. The van der Waals surface area contributed by atoms with Crippen LogP contribution in [0.3, 0.4) is 0 Å². The van der Waals surface area contributed by atoms with E-state index in [-0.39, 0.29) is 0 Å². The van der Waals surface area contributed by atoms with Crippen LogP contribution in [0.2, 0.25) is 0 Å². The van der Waals surface area contributed by atoms with Gasteiger partial charge in [-0.25, -0.2) is 0 Å². The van der Waals surface area contributed by atoms with Gasteiger partial charge in [-0.05, 0) is 11.1 Å². The van der Waals surface area contributed by atoms with Crippen molar-refractivity contribution < 1.29 is 14.3 Å². The van der Waals surface area contributed by atoms with Crippen LogP contribution in [0.5, 0.6) is 0 Å². The van der Waals surface area contributed by atoms with Gasteiger partial charge in [-0.2, -0.15) is 0 Å². The van der Waals surface area contributed by atoms with Gasteiger partial charge in [0.2, 0.25) is 0 Å². The number of ether oxygens (including phenoxy) is 2. The molecule has 142 valence electrons. The topological polar surface area (TPSA) is 35.5 Å². The van der Waals surface area contributed by atoms with Crippen LogP contribution in [0.4, 0.5) is 0 Å². The molecule has 2 aromatic carbocycles. The maximum Gasteiger partial charge on any atom is 0.120 e. The molecule has 0 atom stereocenters. The van der Waals surface area contributed by atoms with Crippen molar-refractivity contribution in [3.63, 3.8) is 0 Å². The van der Waals surface area contributed by atoms with Crippen LogP contribution >= 0.6 is 0 Å². The van der Waals surface area contributed by atoms with E-state index >= 15 is 0 Å². The summed E-state index contributed by atoms with van der Waals surface area (Å²) in [4.78, 5) is 11.4. The first kappa shape index (κ1) is 20.9. The zero-order valence-corrected chi connectivity index (χ0v) is 16.0. The standard InChI is InChI=1S/C24H28O3/c1-2-3-10-15-24(16-17-25,20-26-18-22-11-6-4-7-12-22)21-27-19-23-13-8-5-9-14-23/h4-9,11-14,17H,2,15-16,18-21H2,1H3. The summed E-state index contributed by atoms with van der Waals surface area (Å²) < 4.78 is 11.9. The van der Waals surface area contributed by atoms with E-state index < -0.39 is 5.41 Å². The van der Waals surface area contributed by atoms with Gasteiger partial charge in [-0.3, -0.25) is 0 Å². The minimum Gasteiger partial charge on any atom is -0.376 e. The first-order valence-electron chi connectivity index (χ1n) is 9.41. The van der Waals surface area contributed by atoms with Gasteiger partial charge in [0.25, 0.3) is 0 Å². The van der Waals surface area contributed by atoms with Crippen molar-refractivity contribution >= 4 is 6.29 Å². The molecule has 0 amide bonds. The number of benzene rings is 2. The summed E-state index contributed by atoms with van der Waals surface area (Å²) in [7, 11) is 0. The van der Waals surface area contributed by atoms with Crippen molar-refractivity contribution in [1.29, 1.82) is 0 Å². The lowest BCUT2D eigenvalue weighted by Gasteiger charge is -2.30. The average molecular weight is 364 g/mol. The molecule has 2 aromatic rings. The van der Waals surface area contributed by atoms with Gasteiger partial charge in [0.15, 0.2) is 0 Å². The Bertz CT molecular complexity index is 668. The van der Waals surface area contributed by atoms with Gasteiger partial charge in [-0.15, -0.1) is 11.8 Å². The van der Waals surface area contributed by atoms with Crippen molar-refractivity contribution in [3.05, 3.63) is 71.8 Å².